The third kappa shape index (κ3) is 4.57. The minimum absolute atomic E-state index is 0.0553. The summed E-state index contributed by atoms with van der Waals surface area (Å²) in [6.07, 6.45) is 5.52. The van der Waals surface area contributed by atoms with Crippen molar-refractivity contribution in [1.82, 2.24) is 19.6 Å². The van der Waals surface area contributed by atoms with Crippen LogP contribution < -0.4 is 0 Å². The highest BCUT2D eigenvalue weighted by Gasteiger charge is 2.27. The monoisotopic (exact) mass is 384 g/mol. The van der Waals surface area contributed by atoms with E-state index in [1.807, 2.05) is 24.4 Å². The number of carbonyl (C=O) groups is 3. The molecule has 1 N–H and O–H groups in total. The molecule has 1 aliphatic heterocycles. The van der Waals surface area contributed by atoms with Crippen molar-refractivity contribution in [2.75, 3.05) is 19.6 Å². The van der Waals surface area contributed by atoms with E-state index in [4.69, 9.17) is 5.11 Å². The van der Waals surface area contributed by atoms with E-state index in [1.165, 1.54) is 11.8 Å². The Balaban J connectivity index is 1.65. The Morgan fingerprint density at radius 1 is 1.18 bits per heavy atom. The highest BCUT2D eigenvalue weighted by Crippen LogP contribution is 2.19. The number of likely N-dealkylation sites (tertiary alicyclic amines) is 1. The van der Waals surface area contributed by atoms with Crippen LogP contribution in [0.5, 0.6) is 0 Å². The molecule has 1 aromatic heterocycles. The largest absolute Gasteiger partial charge is 0.480 e. The van der Waals surface area contributed by atoms with Crippen molar-refractivity contribution >= 4 is 17.8 Å². The lowest BCUT2D eigenvalue weighted by atomic mass is 10.1. The number of hydrogen-bond donors (Lipinski definition) is 1. The van der Waals surface area contributed by atoms with Crippen LogP contribution in [0, 0.1) is 0 Å². The van der Waals surface area contributed by atoms with Gasteiger partial charge in [0.05, 0.1) is 5.69 Å². The molecule has 1 unspecified atom stereocenters. The zero-order valence-corrected chi connectivity index (χ0v) is 15.8. The van der Waals surface area contributed by atoms with Crippen molar-refractivity contribution in [3.63, 3.8) is 0 Å². The molecule has 0 aliphatic carbocycles. The molecular weight excluding hydrogens is 360 g/mol. The summed E-state index contributed by atoms with van der Waals surface area (Å²) in [7, 11) is 0. The first-order valence-corrected chi connectivity index (χ1v) is 9.34. The Hall–Kier alpha value is -3.16. The van der Waals surface area contributed by atoms with Crippen LogP contribution in [0.1, 0.15) is 36.5 Å². The van der Waals surface area contributed by atoms with Crippen LogP contribution in [0.25, 0.3) is 5.69 Å². The van der Waals surface area contributed by atoms with Crippen molar-refractivity contribution in [1.29, 1.82) is 0 Å². The van der Waals surface area contributed by atoms with E-state index in [9.17, 15) is 14.4 Å². The summed E-state index contributed by atoms with van der Waals surface area (Å²) in [5, 5.41) is 13.2. The second-order valence-corrected chi connectivity index (χ2v) is 6.92. The van der Waals surface area contributed by atoms with Crippen LogP contribution in [-0.2, 0) is 9.59 Å². The summed E-state index contributed by atoms with van der Waals surface area (Å²) in [6.45, 7) is 2.17. The number of carbonyl (C=O) groups excluding carboxylic acids is 2. The minimum Gasteiger partial charge on any atom is -0.480 e. The summed E-state index contributed by atoms with van der Waals surface area (Å²) in [5.41, 5.74) is 1.48. The van der Waals surface area contributed by atoms with Crippen molar-refractivity contribution in [2.45, 2.75) is 32.2 Å². The molecule has 1 atom stereocenters. The highest BCUT2D eigenvalue weighted by atomic mass is 16.4. The fourth-order valence-corrected chi connectivity index (χ4v) is 3.60. The second-order valence-electron chi connectivity index (χ2n) is 6.92. The van der Waals surface area contributed by atoms with Gasteiger partial charge < -0.3 is 14.9 Å². The van der Waals surface area contributed by atoms with E-state index in [0.29, 0.717) is 31.5 Å². The van der Waals surface area contributed by atoms with E-state index in [1.54, 1.807) is 27.9 Å². The van der Waals surface area contributed by atoms with Crippen molar-refractivity contribution in [3.05, 3.63) is 48.3 Å². The van der Waals surface area contributed by atoms with E-state index >= 15 is 0 Å². The zero-order valence-electron chi connectivity index (χ0n) is 15.8. The molecular formula is C20H24N4O4. The number of amides is 2. The first-order chi connectivity index (χ1) is 13.5. The Labute approximate surface area is 163 Å². The van der Waals surface area contributed by atoms with E-state index in [0.717, 1.165) is 12.1 Å². The van der Waals surface area contributed by atoms with E-state index in [-0.39, 0.29) is 24.4 Å². The molecule has 1 aromatic carbocycles. The third-order valence-electron chi connectivity index (χ3n) is 5.02. The molecule has 1 aliphatic rings. The Kier molecular flexibility index (Phi) is 6.08. The molecule has 3 rings (SSSR count). The molecule has 0 spiro atoms. The smallest absolute Gasteiger partial charge is 0.323 e. The molecule has 2 amide bonds. The van der Waals surface area contributed by atoms with Gasteiger partial charge in [-0.3, -0.25) is 14.4 Å². The SMILES string of the molecule is CC(=O)N(CC(=O)O)C1CCCN(C(=O)c2ccc(-n3cccn3)cc2)CC1. The van der Waals surface area contributed by atoms with Gasteiger partial charge in [-0.25, -0.2) is 4.68 Å². The first-order valence-electron chi connectivity index (χ1n) is 9.34. The number of aromatic nitrogens is 2. The Morgan fingerprint density at radius 2 is 1.93 bits per heavy atom. The van der Waals surface area contributed by atoms with Crippen LogP contribution in [0.4, 0.5) is 0 Å². The average Bonchev–Trinajstić information content (AvgIpc) is 3.10. The summed E-state index contributed by atoms with van der Waals surface area (Å²) >= 11 is 0. The average molecular weight is 384 g/mol. The summed E-state index contributed by atoms with van der Waals surface area (Å²) in [4.78, 5) is 38.9. The predicted octanol–water partition coefficient (Wildman–Crippen LogP) is 1.80. The fourth-order valence-electron chi connectivity index (χ4n) is 3.60. The Morgan fingerprint density at radius 3 is 2.54 bits per heavy atom. The molecule has 0 radical (unpaired) electrons. The van der Waals surface area contributed by atoms with Crippen molar-refractivity contribution in [3.8, 4) is 5.69 Å². The number of rotatable bonds is 5. The van der Waals surface area contributed by atoms with Gasteiger partial charge in [0.1, 0.15) is 6.54 Å². The van der Waals surface area contributed by atoms with Gasteiger partial charge in [0.2, 0.25) is 5.91 Å². The lowest BCUT2D eigenvalue weighted by Gasteiger charge is -2.28. The topological polar surface area (TPSA) is 95.7 Å². The highest BCUT2D eigenvalue weighted by molar-refractivity contribution is 5.94. The quantitative estimate of drug-likeness (QED) is 0.848. The van der Waals surface area contributed by atoms with Gasteiger partial charge in [-0.15, -0.1) is 0 Å². The molecule has 0 bridgehead atoms. The molecule has 28 heavy (non-hydrogen) atoms. The van der Waals surface area contributed by atoms with Crippen LogP contribution in [0.3, 0.4) is 0 Å². The van der Waals surface area contributed by atoms with Crippen LogP contribution in [0.15, 0.2) is 42.7 Å². The lowest BCUT2D eigenvalue weighted by molar-refractivity contribution is -0.145. The molecule has 148 valence electrons. The van der Waals surface area contributed by atoms with Crippen LogP contribution >= 0.6 is 0 Å². The number of carboxylic acid groups (broad SMARTS) is 1. The first kappa shape index (κ1) is 19.6. The predicted molar refractivity (Wildman–Crippen MR) is 102 cm³/mol. The summed E-state index contributed by atoms with van der Waals surface area (Å²) in [6, 6.07) is 8.95. The van der Waals surface area contributed by atoms with Crippen molar-refractivity contribution in [2.24, 2.45) is 0 Å². The van der Waals surface area contributed by atoms with Gasteiger partial charge in [-0.05, 0) is 49.6 Å². The van der Waals surface area contributed by atoms with E-state index in [2.05, 4.69) is 5.10 Å². The van der Waals surface area contributed by atoms with Crippen LogP contribution in [0.2, 0.25) is 0 Å². The van der Waals surface area contributed by atoms with Gasteiger partial charge in [-0.1, -0.05) is 0 Å². The maximum Gasteiger partial charge on any atom is 0.323 e. The van der Waals surface area contributed by atoms with Gasteiger partial charge in [0.25, 0.3) is 5.91 Å². The number of carboxylic acids is 1. The van der Waals surface area contributed by atoms with E-state index < -0.39 is 5.97 Å². The van der Waals surface area contributed by atoms with Crippen LogP contribution in [-0.4, -0.2) is 68.1 Å². The Bertz CT molecular complexity index is 832. The number of benzene rings is 1. The lowest BCUT2D eigenvalue weighted by Crippen LogP contribution is -2.43. The maximum atomic E-state index is 12.9. The minimum atomic E-state index is -1.02. The summed E-state index contributed by atoms with van der Waals surface area (Å²) in [5.74, 6) is -1.33. The summed E-state index contributed by atoms with van der Waals surface area (Å²) < 4.78 is 1.73. The normalized spacial score (nSPS) is 17.0. The molecule has 2 aromatic rings. The van der Waals surface area contributed by atoms with Gasteiger partial charge in [0.15, 0.2) is 0 Å². The molecule has 8 nitrogen and oxygen atoms in total. The molecule has 8 heteroatoms. The fraction of sp³-hybridized carbons (Fsp3) is 0.400. The second kappa shape index (κ2) is 8.69. The molecule has 1 saturated heterocycles. The molecule has 1 fully saturated rings. The number of hydrogen-bond acceptors (Lipinski definition) is 4. The van der Waals surface area contributed by atoms with Crippen molar-refractivity contribution < 1.29 is 19.5 Å². The molecule has 2 heterocycles. The number of nitrogens with zero attached hydrogens (tertiary/aromatic N) is 4. The number of aliphatic carboxylic acids is 1. The maximum absolute atomic E-state index is 12.9. The van der Waals surface area contributed by atoms with Gasteiger partial charge in [0, 0.05) is 44.0 Å². The zero-order chi connectivity index (χ0) is 20.1. The molecule has 0 saturated carbocycles. The van der Waals surface area contributed by atoms with Gasteiger partial charge >= 0.3 is 5.97 Å². The third-order valence-corrected chi connectivity index (χ3v) is 5.02. The standard InChI is InChI=1S/C20H24N4O4/c1-15(25)23(14-19(26)27)17-4-2-11-22(13-9-17)20(28)16-5-7-18(8-6-16)24-12-3-10-21-24/h3,5-8,10,12,17H,2,4,9,11,13-14H2,1H3,(H,26,27). The van der Waals surface area contributed by atoms with Gasteiger partial charge in [-0.2, -0.15) is 5.10 Å².